The molecule has 88 valence electrons. The van der Waals surface area contributed by atoms with Gasteiger partial charge in [-0.3, -0.25) is 0 Å². The zero-order valence-corrected chi connectivity index (χ0v) is 10.2. The molecule has 2 aromatic carbocycles. The predicted octanol–water partition coefficient (Wildman–Crippen LogP) is 3.59. The van der Waals surface area contributed by atoms with Crippen molar-refractivity contribution in [2.75, 3.05) is 0 Å². The molecule has 0 saturated heterocycles. The van der Waals surface area contributed by atoms with Crippen LogP contribution in [0.1, 0.15) is 0 Å². The molecular weight excluding hydrogens is 246 g/mol. The third-order valence-electron chi connectivity index (χ3n) is 2.70. The maximum atomic E-state index is 6.19. The molecule has 1 heterocycles. The fourth-order valence-corrected chi connectivity index (χ4v) is 2.06. The Morgan fingerprint density at radius 3 is 2.39 bits per heavy atom. The van der Waals surface area contributed by atoms with Crippen LogP contribution in [0.25, 0.3) is 16.9 Å². The first-order valence-electron chi connectivity index (χ1n) is 5.57. The average molecular weight is 256 g/mol. The van der Waals surface area contributed by atoms with Crippen molar-refractivity contribution < 1.29 is 0 Å². The van der Waals surface area contributed by atoms with Crippen LogP contribution in [0.5, 0.6) is 0 Å². The Morgan fingerprint density at radius 1 is 0.889 bits per heavy atom. The molecule has 0 aliphatic rings. The molecule has 0 radical (unpaired) electrons. The quantitative estimate of drug-likeness (QED) is 0.701. The number of nitrogens with zero attached hydrogens (tertiary/aromatic N) is 3. The third kappa shape index (κ3) is 1.89. The molecule has 0 amide bonds. The van der Waals surface area contributed by atoms with Gasteiger partial charge in [-0.05, 0) is 12.1 Å². The van der Waals surface area contributed by atoms with Gasteiger partial charge in [0.2, 0.25) is 0 Å². The second-order valence-electron chi connectivity index (χ2n) is 3.85. The lowest BCUT2D eigenvalue weighted by atomic mass is 10.1. The first-order valence-corrected chi connectivity index (χ1v) is 5.95. The van der Waals surface area contributed by atoms with E-state index in [0.29, 0.717) is 5.02 Å². The molecule has 1 aromatic heterocycles. The standard InChI is InChI=1S/C14H10ClN3/c15-12-8-4-5-9-13(12)18-14(10-16-17-18)11-6-2-1-3-7-11/h1-10H. The lowest BCUT2D eigenvalue weighted by Gasteiger charge is -2.07. The molecule has 3 nitrogen and oxygen atoms in total. The molecule has 0 unspecified atom stereocenters. The van der Waals surface area contributed by atoms with Crippen LogP contribution in [-0.2, 0) is 0 Å². The highest BCUT2D eigenvalue weighted by Gasteiger charge is 2.10. The van der Waals surface area contributed by atoms with Gasteiger partial charge in [-0.15, -0.1) is 5.10 Å². The average Bonchev–Trinajstić information content (AvgIpc) is 2.89. The summed E-state index contributed by atoms with van der Waals surface area (Å²) in [4.78, 5) is 0. The molecule has 0 fully saturated rings. The lowest BCUT2D eigenvalue weighted by molar-refractivity contribution is 0.808. The van der Waals surface area contributed by atoms with E-state index in [1.54, 1.807) is 10.9 Å². The topological polar surface area (TPSA) is 30.7 Å². The van der Waals surface area contributed by atoms with E-state index in [4.69, 9.17) is 11.6 Å². The Balaban J connectivity index is 2.16. The second-order valence-corrected chi connectivity index (χ2v) is 4.26. The summed E-state index contributed by atoms with van der Waals surface area (Å²) in [5, 5.41) is 8.73. The summed E-state index contributed by atoms with van der Waals surface area (Å²) < 4.78 is 1.75. The van der Waals surface area contributed by atoms with Crippen molar-refractivity contribution >= 4 is 11.6 Å². The van der Waals surface area contributed by atoms with Crippen LogP contribution in [0.15, 0.2) is 60.8 Å². The van der Waals surface area contributed by atoms with Gasteiger partial charge in [-0.25, -0.2) is 4.68 Å². The zero-order valence-electron chi connectivity index (χ0n) is 9.49. The van der Waals surface area contributed by atoms with Crippen LogP contribution in [-0.4, -0.2) is 15.0 Å². The fraction of sp³-hybridized carbons (Fsp3) is 0. The van der Waals surface area contributed by atoms with E-state index in [1.165, 1.54) is 0 Å². The number of aromatic nitrogens is 3. The molecule has 0 N–H and O–H groups in total. The zero-order chi connectivity index (χ0) is 12.4. The van der Waals surface area contributed by atoms with E-state index in [-0.39, 0.29) is 0 Å². The predicted molar refractivity (Wildman–Crippen MR) is 71.8 cm³/mol. The Hall–Kier alpha value is -2.13. The minimum atomic E-state index is 0.653. The smallest absolute Gasteiger partial charge is 0.0944 e. The van der Waals surface area contributed by atoms with E-state index in [1.807, 2.05) is 54.6 Å². The van der Waals surface area contributed by atoms with Crippen LogP contribution in [0.3, 0.4) is 0 Å². The molecule has 4 heteroatoms. The van der Waals surface area contributed by atoms with Gasteiger partial charge in [0.1, 0.15) is 0 Å². The van der Waals surface area contributed by atoms with Crippen LogP contribution in [0, 0.1) is 0 Å². The van der Waals surface area contributed by atoms with Crippen LogP contribution in [0.4, 0.5) is 0 Å². The summed E-state index contributed by atoms with van der Waals surface area (Å²) in [5.74, 6) is 0. The fourth-order valence-electron chi connectivity index (χ4n) is 1.84. The highest BCUT2D eigenvalue weighted by atomic mass is 35.5. The number of para-hydroxylation sites is 1. The van der Waals surface area contributed by atoms with Crippen molar-refractivity contribution in [2.24, 2.45) is 0 Å². The largest absolute Gasteiger partial charge is 0.211 e. The number of hydrogen-bond acceptors (Lipinski definition) is 2. The van der Waals surface area contributed by atoms with Gasteiger partial charge in [0, 0.05) is 5.56 Å². The summed E-state index contributed by atoms with van der Waals surface area (Å²) in [6.45, 7) is 0. The molecule has 0 saturated carbocycles. The van der Waals surface area contributed by atoms with Crippen molar-refractivity contribution in [3.05, 3.63) is 65.8 Å². The number of hydrogen-bond donors (Lipinski definition) is 0. The van der Waals surface area contributed by atoms with Crippen LogP contribution in [0.2, 0.25) is 5.02 Å². The van der Waals surface area contributed by atoms with Gasteiger partial charge in [0.15, 0.2) is 0 Å². The molecule has 0 atom stereocenters. The van der Waals surface area contributed by atoms with Crippen LogP contribution < -0.4 is 0 Å². The van der Waals surface area contributed by atoms with Gasteiger partial charge in [-0.1, -0.05) is 59.3 Å². The molecular formula is C14H10ClN3. The normalized spacial score (nSPS) is 10.5. The molecule has 0 aliphatic heterocycles. The van der Waals surface area contributed by atoms with Crippen molar-refractivity contribution in [1.29, 1.82) is 0 Å². The Bertz CT molecular complexity index is 662. The van der Waals surface area contributed by atoms with E-state index < -0.39 is 0 Å². The SMILES string of the molecule is Clc1ccccc1-n1nncc1-c1ccccc1. The molecule has 0 spiro atoms. The minimum Gasteiger partial charge on any atom is -0.211 e. The molecule has 3 aromatic rings. The summed E-state index contributed by atoms with van der Waals surface area (Å²) in [5.41, 5.74) is 2.81. The van der Waals surface area contributed by atoms with Crippen molar-refractivity contribution in [3.63, 3.8) is 0 Å². The minimum absolute atomic E-state index is 0.653. The van der Waals surface area contributed by atoms with E-state index in [0.717, 1.165) is 16.9 Å². The van der Waals surface area contributed by atoms with E-state index in [2.05, 4.69) is 10.3 Å². The van der Waals surface area contributed by atoms with Crippen molar-refractivity contribution in [3.8, 4) is 16.9 Å². The highest BCUT2D eigenvalue weighted by molar-refractivity contribution is 6.32. The highest BCUT2D eigenvalue weighted by Crippen LogP contribution is 2.25. The van der Waals surface area contributed by atoms with Gasteiger partial charge in [0.25, 0.3) is 0 Å². The van der Waals surface area contributed by atoms with Gasteiger partial charge in [-0.2, -0.15) is 0 Å². The third-order valence-corrected chi connectivity index (χ3v) is 3.02. The van der Waals surface area contributed by atoms with Crippen LogP contribution >= 0.6 is 11.6 Å². The first kappa shape index (κ1) is 11.0. The Kier molecular flexibility index (Phi) is 2.82. The summed E-state index contributed by atoms with van der Waals surface area (Å²) in [6, 6.07) is 17.6. The van der Waals surface area contributed by atoms with Gasteiger partial charge >= 0.3 is 0 Å². The second kappa shape index (κ2) is 4.63. The maximum Gasteiger partial charge on any atom is 0.0944 e. The number of halogens is 1. The van der Waals surface area contributed by atoms with E-state index >= 15 is 0 Å². The van der Waals surface area contributed by atoms with Crippen molar-refractivity contribution in [1.82, 2.24) is 15.0 Å². The van der Waals surface area contributed by atoms with Crippen molar-refractivity contribution in [2.45, 2.75) is 0 Å². The monoisotopic (exact) mass is 255 g/mol. The molecule has 0 bridgehead atoms. The first-order chi connectivity index (χ1) is 8.86. The summed E-state index contributed by atoms with van der Waals surface area (Å²) in [6.07, 6.45) is 1.73. The van der Waals surface area contributed by atoms with Gasteiger partial charge < -0.3 is 0 Å². The maximum absolute atomic E-state index is 6.19. The number of benzene rings is 2. The lowest BCUT2D eigenvalue weighted by Crippen LogP contribution is -1.99. The Morgan fingerprint density at radius 2 is 1.61 bits per heavy atom. The molecule has 0 aliphatic carbocycles. The van der Waals surface area contributed by atoms with E-state index in [9.17, 15) is 0 Å². The van der Waals surface area contributed by atoms with Gasteiger partial charge in [0.05, 0.1) is 22.6 Å². The summed E-state index contributed by atoms with van der Waals surface area (Å²) in [7, 11) is 0. The Labute approximate surface area is 110 Å². The molecule has 3 rings (SSSR count). The summed E-state index contributed by atoms with van der Waals surface area (Å²) >= 11 is 6.19. The number of rotatable bonds is 2. The molecule has 18 heavy (non-hydrogen) atoms.